The van der Waals surface area contributed by atoms with Crippen LogP contribution in [-0.2, 0) is 6.42 Å². The van der Waals surface area contributed by atoms with Crippen molar-refractivity contribution in [1.29, 1.82) is 0 Å². The van der Waals surface area contributed by atoms with Crippen LogP contribution in [0.1, 0.15) is 29.3 Å². The molecule has 94 valence electrons. The molecule has 0 saturated carbocycles. The molecule has 1 N–H and O–H groups in total. The smallest absolute Gasteiger partial charge is 0.142 e. The SMILES string of the molecule is CNCC1CCCc2sc(-c3ccncn3)nc21. The molecule has 0 saturated heterocycles. The van der Waals surface area contributed by atoms with Gasteiger partial charge in [0.15, 0.2) is 0 Å². The molecule has 1 atom stereocenters. The maximum absolute atomic E-state index is 4.81. The monoisotopic (exact) mass is 260 g/mol. The number of hydrogen-bond donors (Lipinski definition) is 1. The lowest BCUT2D eigenvalue weighted by Gasteiger charge is -2.20. The van der Waals surface area contributed by atoms with Crippen LogP contribution in [0, 0.1) is 0 Å². The molecule has 0 amide bonds. The van der Waals surface area contributed by atoms with Gasteiger partial charge in [-0.3, -0.25) is 0 Å². The Labute approximate surface area is 111 Å². The highest BCUT2D eigenvalue weighted by Gasteiger charge is 2.24. The zero-order valence-electron chi connectivity index (χ0n) is 10.4. The van der Waals surface area contributed by atoms with Crippen LogP contribution >= 0.6 is 11.3 Å². The zero-order valence-corrected chi connectivity index (χ0v) is 11.2. The standard InChI is InChI=1S/C13H16N4S/c1-14-7-9-3-2-4-11-12(9)17-13(18-11)10-5-6-15-8-16-10/h5-6,8-9,14H,2-4,7H2,1H3. The third-order valence-corrected chi connectivity index (χ3v) is 4.48. The van der Waals surface area contributed by atoms with Crippen molar-refractivity contribution in [2.24, 2.45) is 0 Å². The third-order valence-electron chi connectivity index (χ3n) is 3.32. The maximum Gasteiger partial charge on any atom is 0.142 e. The number of hydrogen-bond acceptors (Lipinski definition) is 5. The van der Waals surface area contributed by atoms with Gasteiger partial charge in [0.2, 0.25) is 0 Å². The number of likely N-dealkylation sites (N-methyl/N-ethyl adjacent to an activating group) is 1. The summed E-state index contributed by atoms with van der Waals surface area (Å²) in [6, 6.07) is 1.93. The highest BCUT2D eigenvalue weighted by atomic mass is 32.1. The molecule has 1 unspecified atom stereocenters. The van der Waals surface area contributed by atoms with Crippen LogP contribution < -0.4 is 5.32 Å². The fourth-order valence-corrected chi connectivity index (χ4v) is 3.65. The molecule has 0 spiro atoms. The molecule has 2 heterocycles. The summed E-state index contributed by atoms with van der Waals surface area (Å²) in [4.78, 5) is 14.5. The average Bonchev–Trinajstić information content (AvgIpc) is 2.85. The molecule has 4 nitrogen and oxygen atoms in total. The second-order valence-electron chi connectivity index (χ2n) is 4.57. The first-order valence-electron chi connectivity index (χ1n) is 6.29. The lowest BCUT2D eigenvalue weighted by Crippen LogP contribution is -2.20. The van der Waals surface area contributed by atoms with E-state index in [9.17, 15) is 0 Å². The summed E-state index contributed by atoms with van der Waals surface area (Å²) in [5, 5.41) is 4.30. The fraction of sp³-hybridized carbons (Fsp3) is 0.462. The molecular weight excluding hydrogens is 244 g/mol. The van der Waals surface area contributed by atoms with Gasteiger partial charge in [-0.15, -0.1) is 11.3 Å². The number of rotatable bonds is 3. The third kappa shape index (κ3) is 2.15. The normalized spacial score (nSPS) is 18.6. The molecule has 1 aliphatic carbocycles. The molecule has 0 radical (unpaired) electrons. The first-order chi connectivity index (χ1) is 8.88. The molecule has 0 aromatic carbocycles. The number of aryl methyl sites for hydroxylation is 1. The van der Waals surface area contributed by atoms with Crippen molar-refractivity contribution in [1.82, 2.24) is 20.3 Å². The summed E-state index contributed by atoms with van der Waals surface area (Å²) in [7, 11) is 2.01. The van der Waals surface area contributed by atoms with Crippen LogP contribution in [0.4, 0.5) is 0 Å². The Balaban J connectivity index is 1.96. The highest BCUT2D eigenvalue weighted by Crippen LogP contribution is 2.37. The van der Waals surface area contributed by atoms with Crippen LogP contribution in [0.25, 0.3) is 10.7 Å². The van der Waals surface area contributed by atoms with Crippen molar-refractivity contribution < 1.29 is 0 Å². The van der Waals surface area contributed by atoms with Gasteiger partial charge in [-0.05, 0) is 32.4 Å². The minimum absolute atomic E-state index is 0.561. The van der Waals surface area contributed by atoms with Gasteiger partial charge in [0.05, 0.1) is 5.69 Å². The van der Waals surface area contributed by atoms with E-state index in [0.29, 0.717) is 5.92 Å². The van der Waals surface area contributed by atoms with E-state index < -0.39 is 0 Å². The van der Waals surface area contributed by atoms with E-state index in [4.69, 9.17) is 4.98 Å². The van der Waals surface area contributed by atoms with Crippen molar-refractivity contribution in [3.05, 3.63) is 29.2 Å². The van der Waals surface area contributed by atoms with E-state index in [2.05, 4.69) is 15.3 Å². The van der Waals surface area contributed by atoms with Gasteiger partial charge in [-0.2, -0.15) is 0 Å². The molecule has 5 heteroatoms. The van der Waals surface area contributed by atoms with E-state index in [1.54, 1.807) is 23.9 Å². The molecule has 0 aliphatic heterocycles. The van der Waals surface area contributed by atoms with Crippen LogP contribution in [0.2, 0.25) is 0 Å². The molecule has 2 aromatic rings. The Morgan fingerprint density at radius 1 is 1.50 bits per heavy atom. The summed E-state index contributed by atoms with van der Waals surface area (Å²) in [6.07, 6.45) is 7.03. The van der Waals surface area contributed by atoms with E-state index in [-0.39, 0.29) is 0 Å². The van der Waals surface area contributed by atoms with Crippen LogP contribution in [0.15, 0.2) is 18.6 Å². The van der Waals surface area contributed by atoms with Gasteiger partial charge in [0.25, 0.3) is 0 Å². The van der Waals surface area contributed by atoms with E-state index in [0.717, 1.165) is 23.7 Å². The maximum atomic E-state index is 4.81. The van der Waals surface area contributed by atoms with Crippen LogP contribution in [0.5, 0.6) is 0 Å². The Hall–Kier alpha value is -1.33. The van der Waals surface area contributed by atoms with Crippen molar-refractivity contribution in [3.8, 4) is 10.7 Å². The van der Waals surface area contributed by atoms with Gasteiger partial charge in [-0.25, -0.2) is 15.0 Å². The first-order valence-corrected chi connectivity index (χ1v) is 7.10. The largest absolute Gasteiger partial charge is 0.319 e. The first kappa shape index (κ1) is 11.7. The number of thiazole rings is 1. The molecule has 2 aromatic heterocycles. The predicted octanol–water partition coefficient (Wildman–Crippen LogP) is 2.24. The summed E-state index contributed by atoms with van der Waals surface area (Å²) < 4.78 is 0. The average molecular weight is 260 g/mol. The summed E-state index contributed by atoms with van der Waals surface area (Å²) in [5.41, 5.74) is 2.22. The minimum atomic E-state index is 0.561. The van der Waals surface area contributed by atoms with Crippen molar-refractivity contribution in [3.63, 3.8) is 0 Å². The number of nitrogens with one attached hydrogen (secondary N) is 1. The fourth-order valence-electron chi connectivity index (χ4n) is 2.48. The van der Waals surface area contributed by atoms with Gasteiger partial charge in [0.1, 0.15) is 17.0 Å². The second kappa shape index (κ2) is 5.12. The van der Waals surface area contributed by atoms with E-state index >= 15 is 0 Å². The predicted molar refractivity (Wildman–Crippen MR) is 72.7 cm³/mol. The minimum Gasteiger partial charge on any atom is -0.319 e. The quantitative estimate of drug-likeness (QED) is 0.919. The molecule has 18 heavy (non-hydrogen) atoms. The van der Waals surface area contributed by atoms with Gasteiger partial charge in [0, 0.05) is 23.5 Å². The topological polar surface area (TPSA) is 50.7 Å². The number of aromatic nitrogens is 3. The van der Waals surface area contributed by atoms with Crippen molar-refractivity contribution in [2.75, 3.05) is 13.6 Å². The van der Waals surface area contributed by atoms with Gasteiger partial charge in [-0.1, -0.05) is 0 Å². The van der Waals surface area contributed by atoms with Crippen molar-refractivity contribution in [2.45, 2.75) is 25.2 Å². The number of nitrogens with zero attached hydrogens (tertiary/aromatic N) is 3. The van der Waals surface area contributed by atoms with Crippen LogP contribution in [-0.4, -0.2) is 28.5 Å². The van der Waals surface area contributed by atoms with E-state index in [1.807, 2.05) is 13.1 Å². The summed E-state index contributed by atoms with van der Waals surface area (Å²) in [5.74, 6) is 0.561. The highest BCUT2D eigenvalue weighted by molar-refractivity contribution is 7.15. The second-order valence-corrected chi connectivity index (χ2v) is 5.65. The van der Waals surface area contributed by atoms with E-state index in [1.165, 1.54) is 23.4 Å². The van der Waals surface area contributed by atoms with Gasteiger partial charge >= 0.3 is 0 Å². The molecule has 3 rings (SSSR count). The summed E-state index contributed by atoms with van der Waals surface area (Å²) in [6.45, 7) is 1.01. The van der Waals surface area contributed by atoms with Crippen molar-refractivity contribution >= 4 is 11.3 Å². The molecule has 0 bridgehead atoms. The Bertz CT molecular complexity index is 523. The zero-order chi connectivity index (χ0) is 12.4. The molecule has 1 aliphatic rings. The Kier molecular flexibility index (Phi) is 3.34. The van der Waals surface area contributed by atoms with Gasteiger partial charge < -0.3 is 5.32 Å². The summed E-state index contributed by atoms with van der Waals surface area (Å²) >= 11 is 1.79. The molecule has 0 fully saturated rings. The Morgan fingerprint density at radius 2 is 2.44 bits per heavy atom. The lowest BCUT2D eigenvalue weighted by molar-refractivity contribution is 0.523. The Morgan fingerprint density at radius 3 is 3.22 bits per heavy atom. The van der Waals surface area contributed by atoms with Crippen LogP contribution in [0.3, 0.4) is 0 Å². The lowest BCUT2D eigenvalue weighted by atomic mass is 9.91. The number of fused-ring (bicyclic) bond motifs is 1. The molecular formula is C13H16N4S.